The standard InChI is InChI=1S/C12H15N3O2/c16-8-9-1-2-12-11(14-9)7-13-15(12)10-3-5-17-6-4-10/h1-2,7,10,16H,3-6,8H2. The van der Waals surface area contributed by atoms with Crippen molar-refractivity contribution in [2.45, 2.75) is 25.5 Å². The molecule has 1 saturated heterocycles. The molecule has 3 heterocycles. The van der Waals surface area contributed by atoms with E-state index in [0.29, 0.717) is 11.7 Å². The van der Waals surface area contributed by atoms with E-state index >= 15 is 0 Å². The Labute approximate surface area is 99.0 Å². The Bertz CT molecular complexity index is 517. The van der Waals surface area contributed by atoms with E-state index in [1.54, 1.807) is 6.20 Å². The van der Waals surface area contributed by atoms with E-state index in [4.69, 9.17) is 9.84 Å². The molecule has 0 atom stereocenters. The Morgan fingerprint density at radius 1 is 1.35 bits per heavy atom. The highest BCUT2D eigenvalue weighted by Gasteiger charge is 2.18. The van der Waals surface area contributed by atoms with Crippen molar-refractivity contribution in [2.75, 3.05) is 13.2 Å². The molecule has 0 radical (unpaired) electrons. The predicted molar refractivity (Wildman–Crippen MR) is 62.5 cm³/mol. The van der Waals surface area contributed by atoms with Gasteiger partial charge in [-0.2, -0.15) is 5.10 Å². The van der Waals surface area contributed by atoms with Gasteiger partial charge in [0.05, 0.1) is 30.1 Å². The minimum atomic E-state index is -0.0294. The van der Waals surface area contributed by atoms with Crippen LogP contribution in [0.5, 0.6) is 0 Å². The van der Waals surface area contributed by atoms with Crippen LogP contribution in [0, 0.1) is 0 Å². The lowest BCUT2D eigenvalue weighted by Crippen LogP contribution is -2.20. The second-order valence-electron chi connectivity index (χ2n) is 4.30. The number of rotatable bonds is 2. The van der Waals surface area contributed by atoms with Crippen LogP contribution in [0.3, 0.4) is 0 Å². The van der Waals surface area contributed by atoms with E-state index in [1.807, 2.05) is 16.8 Å². The van der Waals surface area contributed by atoms with Gasteiger partial charge in [0, 0.05) is 13.2 Å². The van der Waals surface area contributed by atoms with Crippen LogP contribution < -0.4 is 0 Å². The fourth-order valence-electron chi connectivity index (χ4n) is 2.29. The molecule has 0 spiro atoms. The molecule has 5 nitrogen and oxygen atoms in total. The third-order valence-electron chi connectivity index (χ3n) is 3.21. The summed E-state index contributed by atoms with van der Waals surface area (Å²) in [7, 11) is 0. The van der Waals surface area contributed by atoms with Crippen molar-refractivity contribution in [3.05, 3.63) is 24.0 Å². The zero-order valence-electron chi connectivity index (χ0n) is 9.54. The zero-order chi connectivity index (χ0) is 11.7. The Morgan fingerprint density at radius 3 is 2.94 bits per heavy atom. The lowest BCUT2D eigenvalue weighted by Gasteiger charge is -2.22. The maximum Gasteiger partial charge on any atom is 0.109 e. The summed E-state index contributed by atoms with van der Waals surface area (Å²) >= 11 is 0. The van der Waals surface area contributed by atoms with Crippen molar-refractivity contribution < 1.29 is 9.84 Å². The SMILES string of the molecule is OCc1ccc2c(cnn2C2CCOCC2)n1. The van der Waals surface area contributed by atoms with Crippen LogP contribution in [0.25, 0.3) is 11.0 Å². The maximum absolute atomic E-state index is 9.05. The quantitative estimate of drug-likeness (QED) is 0.848. The first kappa shape index (κ1) is 10.7. The van der Waals surface area contributed by atoms with Crippen LogP contribution >= 0.6 is 0 Å². The van der Waals surface area contributed by atoms with Crippen molar-refractivity contribution in [2.24, 2.45) is 0 Å². The molecule has 0 unspecified atom stereocenters. The minimum Gasteiger partial charge on any atom is -0.390 e. The number of pyridine rings is 1. The van der Waals surface area contributed by atoms with Crippen molar-refractivity contribution in [1.29, 1.82) is 0 Å². The molecule has 0 aliphatic carbocycles. The van der Waals surface area contributed by atoms with E-state index in [9.17, 15) is 0 Å². The van der Waals surface area contributed by atoms with Crippen molar-refractivity contribution >= 4 is 11.0 Å². The van der Waals surface area contributed by atoms with Crippen molar-refractivity contribution in [3.63, 3.8) is 0 Å². The number of aliphatic hydroxyl groups is 1. The number of nitrogens with zero attached hydrogens (tertiary/aromatic N) is 3. The summed E-state index contributed by atoms with van der Waals surface area (Å²) in [5, 5.41) is 13.5. The molecule has 0 amide bonds. The van der Waals surface area contributed by atoms with Crippen LogP contribution in [0.15, 0.2) is 18.3 Å². The van der Waals surface area contributed by atoms with Gasteiger partial charge in [-0.05, 0) is 25.0 Å². The molecule has 0 aromatic carbocycles. The molecule has 1 aliphatic heterocycles. The maximum atomic E-state index is 9.05. The largest absolute Gasteiger partial charge is 0.390 e. The van der Waals surface area contributed by atoms with Crippen molar-refractivity contribution in [3.8, 4) is 0 Å². The average molecular weight is 233 g/mol. The summed E-state index contributed by atoms with van der Waals surface area (Å²) in [6.45, 7) is 1.57. The Balaban J connectivity index is 1.99. The van der Waals surface area contributed by atoms with Gasteiger partial charge in [0.2, 0.25) is 0 Å². The van der Waals surface area contributed by atoms with Gasteiger partial charge in [-0.1, -0.05) is 0 Å². The zero-order valence-corrected chi connectivity index (χ0v) is 9.54. The molecule has 3 rings (SSSR count). The first-order chi connectivity index (χ1) is 8.38. The second-order valence-corrected chi connectivity index (χ2v) is 4.30. The van der Waals surface area contributed by atoms with Crippen LogP contribution in [0.4, 0.5) is 0 Å². The van der Waals surface area contributed by atoms with Gasteiger partial charge in [-0.3, -0.25) is 4.68 Å². The lowest BCUT2D eigenvalue weighted by atomic mass is 10.1. The first-order valence-corrected chi connectivity index (χ1v) is 5.90. The Hall–Kier alpha value is -1.46. The van der Waals surface area contributed by atoms with E-state index in [1.165, 1.54) is 0 Å². The summed E-state index contributed by atoms with van der Waals surface area (Å²) in [5.74, 6) is 0. The molecule has 1 N–H and O–H groups in total. The van der Waals surface area contributed by atoms with Crippen LogP contribution in [0.1, 0.15) is 24.6 Å². The molecular formula is C12H15N3O2. The van der Waals surface area contributed by atoms with Gasteiger partial charge in [-0.25, -0.2) is 4.98 Å². The molecule has 2 aromatic heterocycles. The second kappa shape index (κ2) is 4.43. The fraction of sp³-hybridized carbons (Fsp3) is 0.500. The fourth-order valence-corrected chi connectivity index (χ4v) is 2.29. The highest BCUT2D eigenvalue weighted by atomic mass is 16.5. The first-order valence-electron chi connectivity index (χ1n) is 5.90. The Kier molecular flexibility index (Phi) is 2.78. The number of hydrogen-bond acceptors (Lipinski definition) is 4. The highest BCUT2D eigenvalue weighted by Crippen LogP contribution is 2.24. The topological polar surface area (TPSA) is 60.2 Å². The summed E-state index contributed by atoms with van der Waals surface area (Å²) in [6, 6.07) is 4.24. The van der Waals surface area contributed by atoms with E-state index < -0.39 is 0 Å². The number of aliphatic hydroxyl groups excluding tert-OH is 1. The smallest absolute Gasteiger partial charge is 0.109 e. The molecule has 1 aliphatic rings. The summed E-state index contributed by atoms with van der Waals surface area (Å²) in [5.41, 5.74) is 2.57. The van der Waals surface area contributed by atoms with Gasteiger partial charge in [0.1, 0.15) is 5.52 Å². The molecule has 5 heteroatoms. The number of fused-ring (bicyclic) bond motifs is 1. The summed E-state index contributed by atoms with van der Waals surface area (Å²) in [6.07, 6.45) is 3.76. The average Bonchev–Trinajstić information content (AvgIpc) is 2.82. The van der Waals surface area contributed by atoms with Gasteiger partial charge in [0.15, 0.2) is 0 Å². The van der Waals surface area contributed by atoms with Crippen LogP contribution in [-0.4, -0.2) is 33.1 Å². The monoisotopic (exact) mass is 233 g/mol. The normalized spacial score (nSPS) is 17.7. The highest BCUT2D eigenvalue weighted by molar-refractivity contribution is 5.74. The van der Waals surface area contributed by atoms with Gasteiger partial charge in [-0.15, -0.1) is 0 Å². The molecule has 1 fully saturated rings. The minimum absolute atomic E-state index is 0.0294. The van der Waals surface area contributed by atoms with Crippen LogP contribution in [-0.2, 0) is 11.3 Å². The van der Waals surface area contributed by atoms with E-state index in [0.717, 1.165) is 37.1 Å². The molecule has 2 aromatic rings. The van der Waals surface area contributed by atoms with E-state index in [2.05, 4.69) is 10.1 Å². The lowest BCUT2D eigenvalue weighted by molar-refractivity contribution is 0.0675. The molecular weight excluding hydrogens is 218 g/mol. The molecule has 0 bridgehead atoms. The summed E-state index contributed by atoms with van der Waals surface area (Å²) in [4.78, 5) is 4.34. The van der Waals surface area contributed by atoms with Gasteiger partial charge < -0.3 is 9.84 Å². The number of ether oxygens (including phenoxy) is 1. The number of hydrogen-bond donors (Lipinski definition) is 1. The van der Waals surface area contributed by atoms with Gasteiger partial charge in [0.25, 0.3) is 0 Å². The third kappa shape index (κ3) is 1.92. The van der Waals surface area contributed by atoms with E-state index in [-0.39, 0.29) is 6.61 Å². The predicted octanol–water partition coefficient (Wildman–Crippen LogP) is 1.28. The molecule has 17 heavy (non-hydrogen) atoms. The molecule has 0 saturated carbocycles. The van der Waals surface area contributed by atoms with Gasteiger partial charge >= 0.3 is 0 Å². The molecule has 90 valence electrons. The number of aromatic nitrogens is 3. The third-order valence-corrected chi connectivity index (χ3v) is 3.21. The van der Waals surface area contributed by atoms with Crippen molar-refractivity contribution in [1.82, 2.24) is 14.8 Å². The Morgan fingerprint density at radius 2 is 2.18 bits per heavy atom. The van der Waals surface area contributed by atoms with Crippen LogP contribution in [0.2, 0.25) is 0 Å². The summed E-state index contributed by atoms with van der Waals surface area (Å²) < 4.78 is 7.39.